The van der Waals surface area contributed by atoms with E-state index in [4.69, 9.17) is 5.11 Å². The number of unbranched alkanes of at least 4 members (excludes halogenated alkanes) is 1. The molecule has 0 saturated carbocycles. The van der Waals surface area contributed by atoms with Crippen LogP contribution in [0.15, 0.2) is 23.1 Å². The van der Waals surface area contributed by atoms with Crippen molar-refractivity contribution in [1.29, 1.82) is 0 Å². The largest absolute Gasteiger partial charge is 0.481 e. The fraction of sp³-hybridized carbons (Fsp3) is 0.579. The van der Waals surface area contributed by atoms with Gasteiger partial charge in [-0.3, -0.25) is 9.59 Å². The van der Waals surface area contributed by atoms with Gasteiger partial charge in [-0.05, 0) is 50.3 Å². The molecule has 7 nitrogen and oxygen atoms in total. The first kappa shape index (κ1) is 21.4. The lowest BCUT2D eigenvalue weighted by molar-refractivity contribution is -0.137. The number of sulfonamides is 1. The summed E-state index contributed by atoms with van der Waals surface area (Å²) in [5.74, 6) is -1.13. The van der Waals surface area contributed by atoms with Crippen molar-refractivity contribution < 1.29 is 23.1 Å². The van der Waals surface area contributed by atoms with Gasteiger partial charge in [-0.25, -0.2) is 8.42 Å². The van der Waals surface area contributed by atoms with Crippen molar-refractivity contribution in [1.82, 2.24) is 4.31 Å². The first-order valence-corrected chi connectivity index (χ1v) is 10.9. The van der Waals surface area contributed by atoms with Crippen LogP contribution in [0.1, 0.15) is 56.9 Å². The van der Waals surface area contributed by atoms with Gasteiger partial charge in [0.15, 0.2) is 0 Å². The van der Waals surface area contributed by atoms with Crippen LogP contribution in [0.2, 0.25) is 0 Å². The fourth-order valence-electron chi connectivity index (χ4n) is 3.16. The average Bonchev–Trinajstić information content (AvgIpc) is 2.90. The summed E-state index contributed by atoms with van der Waals surface area (Å²) in [5.41, 5.74) is 1.09. The maximum Gasteiger partial charge on any atom is 0.303 e. The molecule has 0 aliphatic carbocycles. The van der Waals surface area contributed by atoms with Gasteiger partial charge >= 0.3 is 5.97 Å². The lowest BCUT2D eigenvalue weighted by Crippen LogP contribution is -2.32. The number of carboxylic acids is 1. The third-order valence-electron chi connectivity index (χ3n) is 4.70. The Morgan fingerprint density at radius 3 is 2.33 bits per heavy atom. The van der Waals surface area contributed by atoms with E-state index in [1.807, 2.05) is 0 Å². The normalized spacial score (nSPS) is 15.9. The molecule has 0 radical (unpaired) electrons. The molecule has 0 bridgehead atoms. The van der Waals surface area contributed by atoms with E-state index in [1.54, 1.807) is 23.4 Å². The van der Waals surface area contributed by atoms with Gasteiger partial charge in [-0.1, -0.05) is 18.9 Å². The molecule has 2 N–H and O–H groups in total. The maximum absolute atomic E-state index is 13.0. The summed E-state index contributed by atoms with van der Waals surface area (Å²) in [6, 6.07) is 4.90. The number of nitrogens with one attached hydrogen (secondary N) is 1. The molecule has 0 spiro atoms. The highest BCUT2D eigenvalue weighted by Crippen LogP contribution is 2.26. The van der Waals surface area contributed by atoms with Crippen molar-refractivity contribution in [2.45, 2.75) is 63.2 Å². The molecule has 27 heavy (non-hydrogen) atoms. The minimum Gasteiger partial charge on any atom is -0.481 e. The third-order valence-corrected chi connectivity index (χ3v) is 6.74. The lowest BCUT2D eigenvalue weighted by atomic mass is 10.2. The number of hydrogen-bond donors (Lipinski definition) is 2. The molecular weight excluding hydrogens is 368 g/mol. The maximum atomic E-state index is 13.0. The number of rotatable bonds is 8. The summed E-state index contributed by atoms with van der Waals surface area (Å²) in [7, 11) is -3.59. The topological polar surface area (TPSA) is 104 Å². The van der Waals surface area contributed by atoms with E-state index in [2.05, 4.69) is 5.32 Å². The van der Waals surface area contributed by atoms with Crippen molar-refractivity contribution in [3.05, 3.63) is 23.8 Å². The molecule has 0 aromatic heterocycles. The number of carbonyl (C=O) groups excluding carboxylic acids is 1. The highest BCUT2D eigenvalue weighted by Gasteiger charge is 2.27. The third kappa shape index (κ3) is 6.32. The second-order valence-electron chi connectivity index (χ2n) is 6.95. The van der Waals surface area contributed by atoms with E-state index in [1.165, 1.54) is 6.07 Å². The molecule has 0 atom stereocenters. The predicted molar refractivity (Wildman–Crippen MR) is 103 cm³/mol. The Hall–Kier alpha value is -1.93. The van der Waals surface area contributed by atoms with E-state index in [0.717, 1.165) is 25.7 Å². The number of anilines is 1. The van der Waals surface area contributed by atoms with Gasteiger partial charge in [0.2, 0.25) is 15.9 Å². The van der Waals surface area contributed by atoms with Crippen LogP contribution in [-0.4, -0.2) is 42.8 Å². The molecule has 1 aromatic carbocycles. The van der Waals surface area contributed by atoms with Gasteiger partial charge in [0.05, 0.1) is 4.90 Å². The molecule has 1 aliphatic rings. The lowest BCUT2D eigenvalue weighted by Gasteiger charge is -2.21. The Balaban J connectivity index is 2.06. The summed E-state index contributed by atoms with van der Waals surface area (Å²) in [5, 5.41) is 11.3. The van der Waals surface area contributed by atoms with Gasteiger partial charge in [0.1, 0.15) is 0 Å². The molecule has 0 unspecified atom stereocenters. The zero-order valence-electron chi connectivity index (χ0n) is 15.7. The minimum atomic E-state index is -3.59. The number of carboxylic acid groups (broad SMARTS) is 1. The second-order valence-corrected chi connectivity index (χ2v) is 8.85. The molecule has 1 saturated heterocycles. The number of hydrogen-bond acceptors (Lipinski definition) is 4. The van der Waals surface area contributed by atoms with Crippen LogP contribution >= 0.6 is 0 Å². The summed E-state index contributed by atoms with van der Waals surface area (Å²) in [6.45, 7) is 2.81. The molecule has 8 heteroatoms. The Morgan fingerprint density at radius 1 is 1.07 bits per heavy atom. The average molecular weight is 397 g/mol. The highest BCUT2D eigenvalue weighted by atomic mass is 32.2. The van der Waals surface area contributed by atoms with Crippen molar-refractivity contribution in [2.75, 3.05) is 18.4 Å². The van der Waals surface area contributed by atoms with Crippen molar-refractivity contribution in [3.8, 4) is 0 Å². The van der Waals surface area contributed by atoms with Crippen LogP contribution in [0.25, 0.3) is 0 Å². The van der Waals surface area contributed by atoms with E-state index in [0.29, 0.717) is 37.2 Å². The Labute approximate surface area is 160 Å². The Kier molecular flexibility index (Phi) is 7.79. The standard InChI is InChI=1S/C19H28N2O5S/c1-15-10-11-16(20-18(22)8-4-5-9-19(23)24)14-17(15)27(25,26)21-12-6-2-3-7-13-21/h10-11,14H,2-9,12-13H2,1H3,(H,20,22)(H,23,24). The molecule has 1 fully saturated rings. The van der Waals surface area contributed by atoms with Crippen LogP contribution in [0.5, 0.6) is 0 Å². The molecule has 1 aliphatic heterocycles. The van der Waals surface area contributed by atoms with Crippen LogP contribution in [0.4, 0.5) is 5.69 Å². The molecule has 150 valence electrons. The molecule has 2 rings (SSSR count). The van der Waals surface area contributed by atoms with Crippen LogP contribution < -0.4 is 5.32 Å². The zero-order chi connectivity index (χ0) is 19.9. The van der Waals surface area contributed by atoms with Crippen LogP contribution in [-0.2, 0) is 19.6 Å². The van der Waals surface area contributed by atoms with Crippen molar-refractivity contribution >= 4 is 27.6 Å². The summed E-state index contributed by atoms with van der Waals surface area (Å²) in [6.07, 6.45) is 4.97. The number of aryl methyl sites for hydroxylation is 1. The molecule has 1 heterocycles. The van der Waals surface area contributed by atoms with E-state index in [-0.39, 0.29) is 23.6 Å². The van der Waals surface area contributed by atoms with Crippen LogP contribution in [0, 0.1) is 6.92 Å². The number of carbonyl (C=O) groups is 2. The molecular formula is C19H28N2O5S. The molecule has 1 amide bonds. The van der Waals surface area contributed by atoms with E-state index < -0.39 is 16.0 Å². The van der Waals surface area contributed by atoms with Gasteiger partial charge in [-0.2, -0.15) is 4.31 Å². The Morgan fingerprint density at radius 2 is 1.70 bits per heavy atom. The van der Waals surface area contributed by atoms with Gasteiger partial charge in [0, 0.05) is 31.6 Å². The number of benzene rings is 1. The van der Waals surface area contributed by atoms with Gasteiger partial charge < -0.3 is 10.4 Å². The van der Waals surface area contributed by atoms with Gasteiger partial charge in [-0.15, -0.1) is 0 Å². The van der Waals surface area contributed by atoms with Gasteiger partial charge in [0.25, 0.3) is 0 Å². The zero-order valence-corrected chi connectivity index (χ0v) is 16.6. The number of aliphatic carboxylic acids is 1. The Bertz CT molecular complexity index is 768. The summed E-state index contributed by atoms with van der Waals surface area (Å²) >= 11 is 0. The van der Waals surface area contributed by atoms with Crippen molar-refractivity contribution in [2.24, 2.45) is 0 Å². The quantitative estimate of drug-likeness (QED) is 0.657. The van der Waals surface area contributed by atoms with E-state index in [9.17, 15) is 18.0 Å². The summed E-state index contributed by atoms with van der Waals surface area (Å²) < 4.78 is 27.6. The smallest absolute Gasteiger partial charge is 0.303 e. The second kappa shape index (κ2) is 9.85. The first-order chi connectivity index (χ1) is 12.8. The monoisotopic (exact) mass is 396 g/mol. The SMILES string of the molecule is Cc1ccc(NC(=O)CCCCC(=O)O)cc1S(=O)(=O)N1CCCCCC1. The minimum absolute atomic E-state index is 0.0377. The summed E-state index contributed by atoms with van der Waals surface area (Å²) in [4.78, 5) is 22.8. The molecule has 1 aromatic rings. The fourth-order valence-corrected chi connectivity index (χ4v) is 4.93. The van der Waals surface area contributed by atoms with Crippen molar-refractivity contribution in [3.63, 3.8) is 0 Å². The number of nitrogens with zero attached hydrogens (tertiary/aromatic N) is 1. The van der Waals surface area contributed by atoms with Crippen LogP contribution in [0.3, 0.4) is 0 Å². The highest BCUT2D eigenvalue weighted by molar-refractivity contribution is 7.89. The predicted octanol–water partition coefficient (Wildman–Crippen LogP) is 3.14. The number of amides is 1. The van der Waals surface area contributed by atoms with E-state index >= 15 is 0 Å². The first-order valence-electron chi connectivity index (χ1n) is 9.43.